The second kappa shape index (κ2) is 12.3. The molecule has 0 aliphatic carbocycles. The topological polar surface area (TPSA) is 68.8 Å². The van der Waals surface area contributed by atoms with Gasteiger partial charge in [0, 0.05) is 17.3 Å². The first-order valence-corrected chi connectivity index (χ1v) is 10.8. The Bertz CT molecular complexity index is 1030. The van der Waals surface area contributed by atoms with Gasteiger partial charge < -0.3 is 19.5 Å². The number of nitrogens with one attached hydrogen (secondary N) is 2. The molecule has 3 aromatic rings. The molecule has 1 amide bonds. The Labute approximate surface area is 193 Å². The molecule has 0 bridgehead atoms. The van der Waals surface area contributed by atoms with Crippen molar-refractivity contribution in [3.05, 3.63) is 84.4 Å². The van der Waals surface area contributed by atoms with Gasteiger partial charge in [0.2, 0.25) is 0 Å². The van der Waals surface area contributed by atoms with E-state index in [-0.39, 0.29) is 11.0 Å². The van der Waals surface area contributed by atoms with E-state index in [0.29, 0.717) is 42.6 Å². The van der Waals surface area contributed by atoms with Gasteiger partial charge in [0.15, 0.2) is 5.11 Å². The number of carbonyl (C=O) groups excluding carboxylic acids is 1. The number of thiocarbonyl (C=S) groups is 1. The van der Waals surface area contributed by atoms with Crippen LogP contribution < -0.4 is 24.8 Å². The molecule has 0 aliphatic heterocycles. The number of para-hydroxylation sites is 1. The van der Waals surface area contributed by atoms with Crippen LogP contribution in [0, 0.1) is 0 Å². The van der Waals surface area contributed by atoms with E-state index < -0.39 is 0 Å². The summed E-state index contributed by atoms with van der Waals surface area (Å²) in [4.78, 5) is 12.5. The lowest BCUT2D eigenvalue weighted by Crippen LogP contribution is -2.34. The highest BCUT2D eigenvalue weighted by molar-refractivity contribution is 7.80. The summed E-state index contributed by atoms with van der Waals surface area (Å²) in [6, 6.07) is 23.9. The fourth-order valence-corrected chi connectivity index (χ4v) is 2.99. The van der Waals surface area contributed by atoms with E-state index in [9.17, 15) is 4.79 Å². The molecule has 0 unspecified atom stereocenters. The summed E-state index contributed by atoms with van der Waals surface area (Å²) in [5, 5.41) is 5.88. The van der Waals surface area contributed by atoms with E-state index in [1.165, 1.54) is 0 Å². The monoisotopic (exact) mass is 450 g/mol. The van der Waals surface area contributed by atoms with Gasteiger partial charge in [0.05, 0.1) is 6.61 Å². The SMILES string of the molecule is CCCOc1cccc(C(=O)NC(=S)Nc2cccc(OCCOc3ccccc3)c2)c1. The second-order valence-electron chi connectivity index (χ2n) is 6.82. The van der Waals surface area contributed by atoms with Crippen molar-refractivity contribution in [2.24, 2.45) is 0 Å². The Morgan fingerprint density at radius 3 is 2.16 bits per heavy atom. The predicted molar refractivity (Wildman–Crippen MR) is 130 cm³/mol. The van der Waals surface area contributed by atoms with Crippen LogP contribution in [-0.4, -0.2) is 30.8 Å². The third-order valence-corrected chi connectivity index (χ3v) is 4.46. The number of rotatable bonds is 10. The molecule has 0 aromatic heterocycles. The van der Waals surface area contributed by atoms with Gasteiger partial charge >= 0.3 is 0 Å². The minimum absolute atomic E-state index is 0.194. The van der Waals surface area contributed by atoms with Gasteiger partial charge in [0.25, 0.3) is 5.91 Å². The molecule has 166 valence electrons. The van der Waals surface area contributed by atoms with Crippen molar-refractivity contribution in [1.29, 1.82) is 0 Å². The minimum Gasteiger partial charge on any atom is -0.494 e. The molecular weight excluding hydrogens is 424 g/mol. The third kappa shape index (κ3) is 7.59. The van der Waals surface area contributed by atoms with Gasteiger partial charge in [-0.3, -0.25) is 10.1 Å². The van der Waals surface area contributed by atoms with E-state index in [4.69, 9.17) is 26.4 Å². The first-order chi connectivity index (χ1) is 15.6. The van der Waals surface area contributed by atoms with Crippen molar-refractivity contribution in [3.63, 3.8) is 0 Å². The molecule has 2 N–H and O–H groups in total. The van der Waals surface area contributed by atoms with E-state index in [1.807, 2.05) is 61.5 Å². The van der Waals surface area contributed by atoms with Crippen molar-refractivity contribution >= 4 is 28.9 Å². The Hall–Kier alpha value is -3.58. The summed E-state index contributed by atoms with van der Waals surface area (Å²) in [7, 11) is 0. The maximum absolute atomic E-state index is 12.5. The maximum atomic E-state index is 12.5. The molecule has 3 aromatic carbocycles. The van der Waals surface area contributed by atoms with Gasteiger partial charge in [-0.05, 0) is 61.1 Å². The largest absolute Gasteiger partial charge is 0.494 e. The lowest BCUT2D eigenvalue weighted by Gasteiger charge is -2.12. The molecule has 32 heavy (non-hydrogen) atoms. The molecule has 0 atom stereocenters. The molecule has 0 fully saturated rings. The summed E-state index contributed by atoms with van der Waals surface area (Å²) >= 11 is 5.28. The second-order valence-corrected chi connectivity index (χ2v) is 7.23. The van der Waals surface area contributed by atoms with Crippen molar-refractivity contribution < 1.29 is 19.0 Å². The van der Waals surface area contributed by atoms with Crippen LogP contribution in [0.2, 0.25) is 0 Å². The standard InChI is InChI=1S/C25H26N2O4S/c1-2-14-29-22-12-6-8-19(17-22)24(28)27-25(32)26-20-9-7-13-23(18-20)31-16-15-30-21-10-4-3-5-11-21/h3-13,17-18H,2,14-16H2,1H3,(H2,26,27,28,32). The van der Waals surface area contributed by atoms with E-state index >= 15 is 0 Å². The van der Waals surface area contributed by atoms with Gasteiger partial charge in [0.1, 0.15) is 30.5 Å². The van der Waals surface area contributed by atoms with Crippen LogP contribution >= 0.6 is 12.2 Å². The number of amides is 1. The van der Waals surface area contributed by atoms with Crippen LogP contribution in [0.1, 0.15) is 23.7 Å². The highest BCUT2D eigenvalue weighted by Crippen LogP contribution is 2.18. The Morgan fingerprint density at radius 1 is 0.781 bits per heavy atom. The summed E-state index contributed by atoms with van der Waals surface area (Å²) in [6.07, 6.45) is 0.896. The van der Waals surface area contributed by atoms with Gasteiger partial charge in [-0.1, -0.05) is 37.3 Å². The van der Waals surface area contributed by atoms with Crippen LogP contribution in [0.3, 0.4) is 0 Å². The van der Waals surface area contributed by atoms with E-state index in [2.05, 4.69) is 10.6 Å². The summed E-state index contributed by atoms with van der Waals surface area (Å²) in [5.74, 6) is 1.81. The van der Waals surface area contributed by atoms with Gasteiger partial charge in [-0.15, -0.1) is 0 Å². The zero-order chi connectivity index (χ0) is 22.6. The lowest BCUT2D eigenvalue weighted by molar-refractivity contribution is 0.0977. The number of benzene rings is 3. The molecule has 7 heteroatoms. The van der Waals surface area contributed by atoms with Crippen LogP contribution in [0.4, 0.5) is 5.69 Å². The molecule has 0 spiro atoms. The fraction of sp³-hybridized carbons (Fsp3) is 0.200. The Kier molecular flexibility index (Phi) is 8.89. The number of hydrogen-bond donors (Lipinski definition) is 2. The molecular formula is C25H26N2O4S. The number of ether oxygens (including phenoxy) is 3. The van der Waals surface area contributed by atoms with Gasteiger partial charge in [-0.25, -0.2) is 0 Å². The van der Waals surface area contributed by atoms with E-state index in [1.54, 1.807) is 24.3 Å². The Morgan fingerprint density at radius 2 is 1.41 bits per heavy atom. The number of anilines is 1. The molecule has 0 heterocycles. The average Bonchev–Trinajstić information content (AvgIpc) is 2.81. The summed E-state index contributed by atoms with van der Waals surface area (Å²) in [6.45, 7) is 3.45. The molecule has 0 aliphatic rings. The molecule has 0 radical (unpaired) electrons. The maximum Gasteiger partial charge on any atom is 0.257 e. The molecule has 0 saturated carbocycles. The van der Waals surface area contributed by atoms with Crippen LogP contribution in [-0.2, 0) is 0 Å². The number of hydrogen-bond acceptors (Lipinski definition) is 5. The summed E-state index contributed by atoms with van der Waals surface area (Å²) < 4.78 is 16.9. The molecule has 0 saturated heterocycles. The lowest BCUT2D eigenvalue weighted by atomic mass is 10.2. The van der Waals surface area contributed by atoms with Gasteiger partial charge in [-0.2, -0.15) is 0 Å². The van der Waals surface area contributed by atoms with Crippen molar-refractivity contribution in [3.8, 4) is 17.2 Å². The van der Waals surface area contributed by atoms with Crippen LogP contribution in [0.25, 0.3) is 0 Å². The fourth-order valence-electron chi connectivity index (χ4n) is 2.78. The summed E-state index contributed by atoms with van der Waals surface area (Å²) in [5.41, 5.74) is 1.18. The highest BCUT2D eigenvalue weighted by atomic mass is 32.1. The van der Waals surface area contributed by atoms with Crippen molar-refractivity contribution in [2.45, 2.75) is 13.3 Å². The van der Waals surface area contributed by atoms with Crippen molar-refractivity contribution in [2.75, 3.05) is 25.1 Å². The average molecular weight is 451 g/mol. The molecule has 6 nitrogen and oxygen atoms in total. The normalized spacial score (nSPS) is 10.2. The predicted octanol–water partition coefficient (Wildman–Crippen LogP) is 5.06. The molecule has 3 rings (SSSR count). The third-order valence-electron chi connectivity index (χ3n) is 4.25. The van der Waals surface area contributed by atoms with Crippen LogP contribution in [0.5, 0.6) is 17.2 Å². The minimum atomic E-state index is -0.310. The zero-order valence-electron chi connectivity index (χ0n) is 17.9. The smallest absolute Gasteiger partial charge is 0.257 e. The van der Waals surface area contributed by atoms with E-state index in [0.717, 1.165) is 12.2 Å². The quantitative estimate of drug-likeness (QED) is 0.332. The first kappa shape index (κ1) is 23.1. The van der Waals surface area contributed by atoms with Crippen molar-refractivity contribution in [1.82, 2.24) is 5.32 Å². The number of carbonyl (C=O) groups is 1. The highest BCUT2D eigenvalue weighted by Gasteiger charge is 2.09. The zero-order valence-corrected chi connectivity index (χ0v) is 18.7. The Balaban J connectivity index is 1.47. The van der Waals surface area contributed by atoms with Crippen LogP contribution in [0.15, 0.2) is 78.9 Å². The first-order valence-electron chi connectivity index (χ1n) is 10.4.